The molecule has 8 aromatic carbocycles. The topological polar surface area (TPSA) is 3.24 Å². The van der Waals surface area contributed by atoms with Crippen molar-refractivity contribution in [2.45, 2.75) is 13.1 Å². The molecule has 8 aromatic rings. The van der Waals surface area contributed by atoms with Crippen molar-refractivity contribution in [1.29, 1.82) is 0 Å². The summed E-state index contributed by atoms with van der Waals surface area (Å²) in [5.41, 5.74) is 6.42. The highest BCUT2D eigenvalue weighted by atomic mass is 28.3. The molecule has 9 rings (SSSR count). The van der Waals surface area contributed by atoms with Crippen molar-refractivity contribution >= 4 is 78.6 Å². The van der Waals surface area contributed by atoms with Gasteiger partial charge in [-0.15, -0.1) is 0 Å². The van der Waals surface area contributed by atoms with Gasteiger partial charge in [0.2, 0.25) is 0 Å². The van der Waals surface area contributed by atoms with Crippen molar-refractivity contribution in [3.05, 3.63) is 152 Å². The Labute approximate surface area is 258 Å². The van der Waals surface area contributed by atoms with Crippen LogP contribution in [0.5, 0.6) is 0 Å². The Morgan fingerprint density at radius 3 is 1.43 bits per heavy atom. The Kier molecular flexibility index (Phi) is 5.42. The third-order valence-electron chi connectivity index (χ3n) is 9.80. The first-order valence-electron chi connectivity index (χ1n) is 15.5. The van der Waals surface area contributed by atoms with Gasteiger partial charge in [-0.3, -0.25) is 0 Å². The van der Waals surface area contributed by atoms with E-state index in [1.165, 1.54) is 81.7 Å². The normalized spacial score (nSPS) is 13.4. The Morgan fingerprint density at radius 2 is 0.841 bits per heavy atom. The van der Waals surface area contributed by atoms with E-state index in [1.54, 1.807) is 0 Å². The number of nitrogens with zero attached hydrogens (tertiary/aromatic N) is 1. The molecule has 1 heterocycles. The van der Waals surface area contributed by atoms with E-state index in [-0.39, 0.29) is 0 Å². The summed E-state index contributed by atoms with van der Waals surface area (Å²) in [6, 6.07) is 56.4. The molecule has 208 valence electrons. The SMILES string of the molecule is C[Si]1(C)c2ccccc2-c2ccc(N(c3cc4ccccc4c4ccccc34)c3cc4ccccc4c4ccccc34)cc21. The second-order valence-corrected chi connectivity index (χ2v) is 16.9. The first-order valence-corrected chi connectivity index (χ1v) is 18.5. The zero-order valence-electron chi connectivity index (χ0n) is 24.9. The van der Waals surface area contributed by atoms with Gasteiger partial charge in [0.25, 0.3) is 0 Å². The Morgan fingerprint density at radius 1 is 0.386 bits per heavy atom. The minimum Gasteiger partial charge on any atom is -0.309 e. The van der Waals surface area contributed by atoms with Crippen molar-refractivity contribution in [2.24, 2.45) is 0 Å². The number of fused-ring (bicyclic) bond motifs is 9. The molecule has 0 bridgehead atoms. The largest absolute Gasteiger partial charge is 0.309 e. The molecule has 0 aromatic heterocycles. The summed E-state index contributed by atoms with van der Waals surface area (Å²) in [7, 11) is -1.88. The second kappa shape index (κ2) is 9.41. The van der Waals surface area contributed by atoms with Crippen LogP contribution < -0.4 is 15.3 Å². The van der Waals surface area contributed by atoms with Gasteiger partial charge in [0.1, 0.15) is 8.07 Å². The molecule has 0 unspecified atom stereocenters. The maximum atomic E-state index is 2.54. The molecule has 1 nitrogen and oxygen atoms in total. The van der Waals surface area contributed by atoms with Crippen LogP contribution in [0.15, 0.2) is 152 Å². The lowest BCUT2D eigenvalue weighted by atomic mass is 9.96. The molecule has 1 aliphatic rings. The van der Waals surface area contributed by atoms with Gasteiger partial charge in [0, 0.05) is 16.5 Å². The van der Waals surface area contributed by atoms with Crippen LogP contribution in [0.25, 0.3) is 54.2 Å². The molecule has 0 radical (unpaired) electrons. The predicted octanol–water partition coefficient (Wildman–Crippen LogP) is 10.6. The molecule has 0 N–H and O–H groups in total. The minimum absolute atomic E-state index is 1.20. The molecule has 44 heavy (non-hydrogen) atoms. The molecule has 0 aliphatic carbocycles. The first kappa shape index (κ1) is 25.3. The summed E-state index contributed by atoms with van der Waals surface area (Å²) in [5, 5.41) is 13.2. The van der Waals surface area contributed by atoms with Gasteiger partial charge >= 0.3 is 0 Å². The molecular formula is C42H31NSi. The highest BCUT2D eigenvalue weighted by molar-refractivity contribution is 7.03. The molecule has 0 spiro atoms. The molecule has 0 amide bonds. The lowest BCUT2D eigenvalue weighted by Crippen LogP contribution is -2.49. The molecule has 0 saturated heterocycles. The number of rotatable bonds is 3. The third-order valence-corrected chi connectivity index (χ3v) is 13.3. The Hall–Kier alpha value is -5.18. The van der Waals surface area contributed by atoms with Crippen LogP contribution in [-0.4, -0.2) is 8.07 Å². The molecule has 0 atom stereocenters. The number of hydrogen-bond donors (Lipinski definition) is 0. The fourth-order valence-electron chi connectivity index (χ4n) is 7.68. The maximum Gasteiger partial charge on any atom is 0.113 e. The van der Waals surface area contributed by atoms with Gasteiger partial charge in [-0.2, -0.15) is 0 Å². The second-order valence-electron chi connectivity index (χ2n) is 12.6. The molecular weight excluding hydrogens is 547 g/mol. The predicted molar refractivity (Wildman–Crippen MR) is 193 cm³/mol. The van der Waals surface area contributed by atoms with Gasteiger partial charge in [0.05, 0.1) is 11.4 Å². The van der Waals surface area contributed by atoms with Gasteiger partial charge in [0.15, 0.2) is 0 Å². The smallest absolute Gasteiger partial charge is 0.113 e. The van der Waals surface area contributed by atoms with Crippen LogP contribution in [0.2, 0.25) is 13.1 Å². The van der Waals surface area contributed by atoms with Crippen LogP contribution >= 0.6 is 0 Å². The van der Waals surface area contributed by atoms with E-state index in [9.17, 15) is 0 Å². The van der Waals surface area contributed by atoms with E-state index >= 15 is 0 Å². The average Bonchev–Trinajstić information content (AvgIpc) is 3.31. The third kappa shape index (κ3) is 3.58. The van der Waals surface area contributed by atoms with Crippen molar-refractivity contribution < 1.29 is 0 Å². The van der Waals surface area contributed by atoms with Crippen LogP contribution in [0, 0.1) is 0 Å². The Balaban J connectivity index is 1.41. The summed E-state index contributed by atoms with van der Waals surface area (Å²) in [4.78, 5) is 2.54. The summed E-state index contributed by atoms with van der Waals surface area (Å²) >= 11 is 0. The first-order chi connectivity index (χ1) is 21.6. The summed E-state index contributed by atoms with van der Waals surface area (Å²) in [6.07, 6.45) is 0. The van der Waals surface area contributed by atoms with Crippen LogP contribution in [0.4, 0.5) is 17.1 Å². The molecule has 1 aliphatic heterocycles. The van der Waals surface area contributed by atoms with E-state index in [2.05, 4.69) is 170 Å². The molecule has 0 fully saturated rings. The van der Waals surface area contributed by atoms with Crippen molar-refractivity contribution in [2.75, 3.05) is 4.90 Å². The zero-order valence-corrected chi connectivity index (χ0v) is 25.9. The monoisotopic (exact) mass is 577 g/mol. The fourth-order valence-corrected chi connectivity index (χ4v) is 10.8. The maximum absolute atomic E-state index is 2.54. The van der Waals surface area contributed by atoms with Crippen LogP contribution in [0.1, 0.15) is 0 Å². The summed E-state index contributed by atoms with van der Waals surface area (Å²) < 4.78 is 0. The van der Waals surface area contributed by atoms with E-state index in [4.69, 9.17) is 0 Å². The van der Waals surface area contributed by atoms with Crippen molar-refractivity contribution in [1.82, 2.24) is 0 Å². The lowest BCUT2D eigenvalue weighted by Gasteiger charge is -2.30. The van der Waals surface area contributed by atoms with Crippen molar-refractivity contribution in [3.63, 3.8) is 0 Å². The van der Waals surface area contributed by atoms with Crippen molar-refractivity contribution in [3.8, 4) is 11.1 Å². The van der Waals surface area contributed by atoms with E-state index in [1.807, 2.05) is 0 Å². The van der Waals surface area contributed by atoms with Crippen LogP contribution in [-0.2, 0) is 0 Å². The fraction of sp³-hybridized carbons (Fsp3) is 0.0476. The average molecular weight is 578 g/mol. The standard InChI is InChI=1S/C42H31NSi/c1-44(2)41-22-12-11-21-37(41)38-24-23-30(27-42(38)44)43(39-25-28-13-3-5-15-31(28)33-17-7-9-19-35(33)39)40-26-29-14-4-6-16-32(29)34-18-8-10-20-36(34)40/h3-27H,1-2H3. The van der Waals surface area contributed by atoms with E-state index in [0.717, 1.165) is 0 Å². The van der Waals surface area contributed by atoms with Gasteiger partial charge in [-0.05, 0) is 78.1 Å². The quantitative estimate of drug-likeness (QED) is 0.149. The minimum atomic E-state index is -1.88. The molecule has 0 saturated carbocycles. The summed E-state index contributed by atoms with van der Waals surface area (Å²) in [6.45, 7) is 5.01. The van der Waals surface area contributed by atoms with Gasteiger partial charge < -0.3 is 4.90 Å². The van der Waals surface area contributed by atoms with Gasteiger partial charge in [-0.25, -0.2) is 0 Å². The van der Waals surface area contributed by atoms with E-state index in [0.29, 0.717) is 0 Å². The lowest BCUT2D eigenvalue weighted by molar-refractivity contribution is 1.32. The van der Waals surface area contributed by atoms with Crippen LogP contribution in [0.3, 0.4) is 0 Å². The Bertz CT molecular complexity index is 2320. The number of anilines is 3. The number of benzene rings is 8. The zero-order chi connectivity index (χ0) is 29.4. The summed E-state index contributed by atoms with van der Waals surface area (Å²) in [5.74, 6) is 0. The highest BCUT2D eigenvalue weighted by Crippen LogP contribution is 2.46. The highest BCUT2D eigenvalue weighted by Gasteiger charge is 2.37. The van der Waals surface area contributed by atoms with Gasteiger partial charge in [-0.1, -0.05) is 140 Å². The molecule has 2 heteroatoms. The number of hydrogen-bond acceptors (Lipinski definition) is 1. The van der Waals surface area contributed by atoms with E-state index < -0.39 is 8.07 Å².